The van der Waals surface area contributed by atoms with Gasteiger partial charge in [-0.3, -0.25) is 24.0 Å². The number of aromatic amines is 1. The Morgan fingerprint density at radius 1 is 1.21 bits per heavy atom. The maximum absolute atomic E-state index is 13.0. The number of hydrogen-bond donors (Lipinski definition) is 2. The molecule has 2 aromatic heterocycles. The molecule has 11 heteroatoms. The predicted molar refractivity (Wildman–Crippen MR) is 133 cm³/mol. The van der Waals surface area contributed by atoms with E-state index >= 15 is 0 Å². The van der Waals surface area contributed by atoms with E-state index in [1.807, 2.05) is 13.8 Å². The number of methoxy groups -OCH3 is 1. The monoisotopic (exact) mass is 494 g/mol. The van der Waals surface area contributed by atoms with Crippen LogP contribution in [0.15, 0.2) is 15.7 Å². The van der Waals surface area contributed by atoms with Crippen molar-refractivity contribution in [2.24, 2.45) is 0 Å². The number of unbranched alkanes of at least 4 members (excludes halogenated alkanes) is 1. The van der Waals surface area contributed by atoms with Gasteiger partial charge in [-0.15, -0.1) is 11.3 Å². The zero-order valence-electron chi connectivity index (χ0n) is 20.3. The zero-order valence-corrected chi connectivity index (χ0v) is 21.1. The van der Waals surface area contributed by atoms with Gasteiger partial charge in [-0.25, -0.2) is 9.59 Å². The number of hydrogen-bond acceptors (Lipinski definition) is 8. The van der Waals surface area contributed by atoms with Crippen LogP contribution >= 0.6 is 11.3 Å². The maximum Gasteiger partial charge on any atom is 0.348 e. The van der Waals surface area contributed by atoms with Crippen LogP contribution in [0.1, 0.15) is 60.1 Å². The first-order valence-electron chi connectivity index (χ1n) is 11.5. The van der Waals surface area contributed by atoms with Crippen LogP contribution in [0.5, 0.6) is 0 Å². The third kappa shape index (κ3) is 6.57. The van der Waals surface area contributed by atoms with Crippen LogP contribution in [-0.4, -0.2) is 48.3 Å². The Morgan fingerprint density at radius 2 is 1.94 bits per heavy atom. The van der Waals surface area contributed by atoms with Crippen molar-refractivity contribution in [2.45, 2.75) is 59.4 Å². The number of carbonyl (C=O) groups is 2. The van der Waals surface area contributed by atoms with Crippen LogP contribution in [0.2, 0.25) is 0 Å². The highest BCUT2D eigenvalue weighted by atomic mass is 32.1. The van der Waals surface area contributed by atoms with Gasteiger partial charge >= 0.3 is 11.7 Å². The Balaban J connectivity index is 2.28. The van der Waals surface area contributed by atoms with Gasteiger partial charge in [0.05, 0.1) is 6.61 Å². The fraction of sp³-hybridized carbons (Fsp3) is 0.565. The van der Waals surface area contributed by atoms with Crippen LogP contribution < -0.4 is 21.9 Å². The van der Waals surface area contributed by atoms with Crippen LogP contribution in [0.3, 0.4) is 0 Å². The molecule has 2 rings (SSSR count). The van der Waals surface area contributed by atoms with E-state index in [2.05, 4.69) is 11.9 Å². The summed E-state index contributed by atoms with van der Waals surface area (Å²) in [5.41, 5.74) is 5.65. The highest BCUT2D eigenvalue weighted by molar-refractivity contribution is 7.14. The number of nitrogens with two attached hydrogens (primary N) is 1. The topological polar surface area (TPSA) is 137 Å². The molecule has 188 valence electrons. The lowest BCUT2D eigenvalue weighted by molar-refractivity contribution is -0.121. The molecule has 0 spiro atoms. The van der Waals surface area contributed by atoms with E-state index in [0.717, 1.165) is 41.0 Å². The molecule has 0 fully saturated rings. The number of nitrogens with one attached hydrogen (secondary N) is 1. The fourth-order valence-corrected chi connectivity index (χ4v) is 4.75. The Kier molecular flexibility index (Phi) is 10.5. The molecule has 2 heterocycles. The second kappa shape index (κ2) is 13.1. The Bertz CT molecular complexity index is 1100. The molecule has 0 aromatic carbocycles. The third-order valence-corrected chi connectivity index (χ3v) is 6.54. The number of aryl methyl sites for hydroxylation is 2. The molecule has 0 saturated carbocycles. The summed E-state index contributed by atoms with van der Waals surface area (Å²) in [5, 5.41) is 0. The van der Waals surface area contributed by atoms with E-state index < -0.39 is 29.7 Å². The minimum Gasteiger partial charge on any atom is -0.451 e. The van der Waals surface area contributed by atoms with Crippen molar-refractivity contribution in [2.75, 3.05) is 37.5 Å². The van der Waals surface area contributed by atoms with Crippen molar-refractivity contribution in [3.63, 3.8) is 0 Å². The second-order valence-electron chi connectivity index (χ2n) is 7.78. The van der Waals surface area contributed by atoms with Crippen LogP contribution in [0, 0.1) is 0 Å². The number of thiophene rings is 1. The summed E-state index contributed by atoms with van der Waals surface area (Å²) in [4.78, 5) is 55.4. The maximum atomic E-state index is 13.0. The number of anilines is 2. The first-order valence-corrected chi connectivity index (χ1v) is 12.3. The standard InChI is InChI=1S/C23H34N4O6S/c1-5-8-10-27-20(24)19(21(29)25-23(27)31)26(11-12-32-4)18(28)14-33-22(30)17-13-15(7-3)16(34-17)9-6-2/h13H,5-12,14,24H2,1-4H3,(H,25,29,31). The highest BCUT2D eigenvalue weighted by Crippen LogP contribution is 2.25. The summed E-state index contributed by atoms with van der Waals surface area (Å²) >= 11 is 1.37. The van der Waals surface area contributed by atoms with Crippen LogP contribution in [0.25, 0.3) is 0 Å². The third-order valence-electron chi connectivity index (χ3n) is 5.32. The van der Waals surface area contributed by atoms with E-state index in [-0.39, 0.29) is 24.7 Å². The Labute approximate surface area is 202 Å². The fourth-order valence-electron chi connectivity index (χ4n) is 3.50. The van der Waals surface area contributed by atoms with Gasteiger partial charge in [-0.1, -0.05) is 33.6 Å². The number of nitrogens with zero attached hydrogens (tertiary/aromatic N) is 2. The number of nitrogen functional groups attached to an aromatic ring is 1. The molecule has 0 atom stereocenters. The van der Waals surface area contributed by atoms with Gasteiger partial charge in [-0.05, 0) is 30.9 Å². The van der Waals surface area contributed by atoms with Gasteiger partial charge in [0, 0.05) is 25.1 Å². The van der Waals surface area contributed by atoms with Gasteiger partial charge in [0.15, 0.2) is 12.3 Å². The molecule has 0 bridgehead atoms. The van der Waals surface area contributed by atoms with Crippen molar-refractivity contribution < 1.29 is 19.1 Å². The summed E-state index contributed by atoms with van der Waals surface area (Å²) in [5.74, 6) is -1.37. The van der Waals surface area contributed by atoms with Crippen molar-refractivity contribution in [3.8, 4) is 0 Å². The summed E-state index contributed by atoms with van der Waals surface area (Å²) < 4.78 is 11.6. The van der Waals surface area contributed by atoms with E-state index in [0.29, 0.717) is 17.8 Å². The number of aromatic nitrogens is 2. The van der Waals surface area contributed by atoms with Gasteiger partial charge in [0.25, 0.3) is 11.5 Å². The average Bonchev–Trinajstić information content (AvgIpc) is 3.22. The SMILES string of the molecule is CCCCn1c(N)c(N(CCOC)C(=O)COC(=O)c2cc(CC)c(CCC)s2)c(=O)[nH]c1=O. The summed E-state index contributed by atoms with van der Waals surface area (Å²) in [6.45, 7) is 5.86. The van der Waals surface area contributed by atoms with E-state index in [4.69, 9.17) is 15.2 Å². The molecule has 1 amide bonds. The molecule has 2 aromatic rings. The molecule has 0 unspecified atom stereocenters. The molecular formula is C23H34N4O6S. The first-order chi connectivity index (χ1) is 16.3. The van der Waals surface area contributed by atoms with E-state index in [1.165, 1.54) is 23.0 Å². The number of amides is 1. The van der Waals surface area contributed by atoms with Crippen molar-refractivity contribution in [1.29, 1.82) is 0 Å². The largest absolute Gasteiger partial charge is 0.451 e. The van der Waals surface area contributed by atoms with Gasteiger partial charge in [0.2, 0.25) is 0 Å². The molecular weight excluding hydrogens is 460 g/mol. The number of carbonyl (C=O) groups excluding carboxylic acids is 2. The number of H-pyrrole nitrogens is 1. The zero-order chi connectivity index (χ0) is 25.3. The van der Waals surface area contributed by atoms with Gasteiger partial charge in [-0.2, -0.15) is 0 Å². The molecule has 0 aliphatic rings. The smallest absolute Gasteiger partial charge is 0.348 e. The van der Waals surface area contributed by atoms with Crippen LogP contribution in [0.4, 0.5) is 11.5 Å². The Hall–Kier alpha value is -2.92. The minimum atomic E-state index is -0.791. The van der Waals surface area contributed by atoms with Crippen molar-refractivity contribution in [1.82, 2.24) is 9.55 Å². The molecule has 0 aliphatic heterocycles. The highest BCUT2D eigenvalue weighted by Gasteiger charge is 2.25. The lowest BCUT2D eigenvalue weighted by Gasteiger charge is -2.24. The number of esters is 1. The second-order valence-corrected chi connectivity index (χ2v) is 8.91. The lowest BCUT2D eigenvalue weighted by atomic mass is 10.1. The Morgan fingerprint density at radius 3 is 2.56 bits per heavy atom. The lowest BCUT2D eigenvalue weighted by Crippen LogP contribution is -2.44. The van der Waals surface area contributed by atoms with Gasteiger partial charge in [0.1, 0.15) is 10.7 Å². The molecule has 10 nitrogen and oxygen atoms in total. The van der Waals surface area contributed by atoms with Crippen molar-refractivity contribution in [3.05, 3.63) is 42.2 Å². The summed E-state index contributed by atoms with van der Waals surface area (Å²) in [6, 6.07) is 1.80. The van der Waals surface area contributed by atoms with Gasteiger partial charge < -0.3 is 15.2 Å². The predicted octanol–water partition coefficient (Wildman–Crippen LogP) is 2.33. The number of ether oxygens (including phenoxy) is 2. The van der Waals surface area contributed by atoms with E-state index in [1.54, 1.807) is 6.07 Å². The molecule has 0 radical (unpaired) electrons. The molecule has 0 aliphatic carbocycles. The molecule has 0 saturated heterocycles. The van der Waals surface area contributed by atoms with Crippen molar-refractivity contribution >= 4 is 34.7 Å². The molecule has 34 heavy (non-hydrogen) atoms. The minimum absolute atomic E-state index is 0.00816. The molecule has 3 N–H and O–H groups in total. The first kappa shape index (κ1) is 27.3. The van der Waals surface area contributed by atoms with Crippen LogP contribution in [-0.2, 0) is 33.7 Å². The summed E-state index contributed by atoms with van der Waals surface area (Å²) in [7, 11) is 1.45. The summed E-state index contributed by atoms with van der Waals surface area (Å²) in [6.07, 6.45) is 4.12. The normalized spacial score (nSPS) is 10.9. The average molecular weight is 495 g/mol. The quantitative estimate of drug-likeness (QED) is 0.408. The number of rotatable bonds is 13. The van der Waals surface area contributed by atoms with E-state index in [9.17, 15) is 19.2 Å².